The maximum absolute atomic E-state index is 5.51. The fourth-order valence-electron chi connectivity index (χ4n) is 3.13. The van der Waals surface area contributed by atoms with Crippen LogP contribution in [0.15, 0.2) is 78.9 Å². The zero-order valence-corrected chi connectivity index (χ0v) is 13.3. The Bertz CT molecular complexity index is 813. The molecule has 0 saturated heterocycles. The van der Waals surface area contributed by atoms with E-state index >= 15 is 0 Å². The summed E-state index contributed by atoms with van der Waals surface area (Å²) in [4.78, 5) is 0. The van der Waals surface area contributed by atoms with Crippen LogP contribution in [-0.4, -0.2) is 5.11 Å². The number of para-hydroxylation sites is 1. The van der Waals surface area contributed by atoms with Crippen LogP contribution in [0.4, 0.5) is 5.69 Å². The number of rotatable bonds is 2. The molecule has 1 aliphatic carbocycles. The quantitative estimate of drug-likeness (QED) is 0.668. The number of hydrogen-bond donors (Lipinski definition) is 2. The van der Waals surface area contributed by atoms with Gasteiger partial charge < -0.3 is 10.6 Å². The minimum atomic E-state index is 0.0890. The monoisotopic (exact) mass is 316 g/mol. The Kier molecular flexibility index (Phi) is 3.56. The lowest BCUT2D eigenvalue weighted by molar-refractivity contribution is 0.789. The largest absolute Gasteiger partial charge is 0.351 e. The molecular weight excluding hydrogens is 300 g/mol. The average molecular weight is 316 g/mol. The highest BCUT2D eigenvalue weighted by molar-refractivity contribution is 7.80. The Morgan fingerprint density at radius 1 is 0.696 bits per heavy atom. The molecule has 0 spiro atoms. The minimum absolute atomic E-state index is 0.0890. The normalized spacial score (nSPS) is 12.3. The van der Waals surface area contributed by atoms with Crippen LogP contribution >= 0.6 is 12.2 Å². The van der Waals surface area contributed by atoms with Crippen molar-refractivity contribution in [3.8, 4) is 11.1 Å². The Hall–Kier alpha value is -2.65. The summed E-state index contributed by atoms with van der Waals surface area (Å²) in [5.41, 5.74) is 6.09. The van der Waals surface area contributed by atoms with Crippen LogP contribution in [-0.2, 0) is 0 Å². The van der Waals surface area contributed by atoms with Crippen LogP contribution in [0.1, 0.15) is 17.2 Å². The van der Waals surface area contributed by atoms with Gasteiger partial charge in [0.05, 0.1) is 6.04 Å². The van der Waals surface area contributed by atoms with E-state index in [-0.39, 0.29) is 6.04 Å². The molecule has 3 aromatic carbocycles. The van der Waals surface area contributed by atoms with Gasteiger partial charge in [-0.2, -0.15) is 0 Å². The SMILES string of the molecule is S=C(Nc1ccccc1)NC1c2ccccc2-c2ccccc21. The highest BCUT2D eigenvalue weighted by atomic mass is 32.1. The van der Waals surface area contributed by atoms with E-state index in [4.69, 9.17) is 12.2 Å². The second kappa shape index (κ2) is 5.86. The lowest BCUT2D eigenvalue weighted by Gasteiger charge is -2.18. The first-order valence-electron chi connectivity index (χ1n) is 7.64. The first kappa shape index (κ1) is 14.0. The van der Waals surface area contributed by atoms with Crippen molar-refractivity contribution in [2.24, 2.45) is 0 Å². The van der Waals surface area contributed by atoms with Gasteiger partial charge in [-0.05, 0) is 46.6 Å². The fraction of sp³-hybridized carbons (Fsp3) is 0.0500. The van der Waals surface area contributed by atoms with E-state index in [1.54, 1.807) is 0 Å². The van der Waals surface area contributed by atoms with Crippen molar-refractivity contribution < 1.29 is 0 Å². The highest BCUT2D eigenvalue weighted by Crippen LogP contribution is 2.42. The van der Waals surface area contributed by atoms with Gasteiger partial charge in [0.15, 0.2) is 5.11 Å². The van der Waals surface area contributed by atoms with Gasteiger partial charge in [0.1, 0.15) is 0 Å². The van der Waals surface area contributed by atoms with Crippen molar-refractivity contribution in [3.05, 3.63) is 90.0 Å². The van der Waals surface area contributed by atoms with Crippen LogP contribution in [0.3, 0.4) is 0 Å². The van der Waals surface area contributed by atoms with E-state index in [0.717, 1.165) is 5.69 Å². The maximum Gasteiger partial charge on any atom is 0.171 e. The molecule has 0 atom stereocenters. The molecule has 0 saturated carbocycles. The van der Waals surface area contributed by atoms with Crippen molar-refractivity contribution in [1.82, 2.24) is 5.32 Å². The molecule has 23 heavy (non-hydrogen) atoms. The number of fused-ring (bicyclic) bond motifs is 3. The van der Waals surface area contributed by atoms with Gasteiger partial charge in [-0.3, -0.25) is 0 Å². The molecule has 2 N–H and O–H groups in total. The van der Waals surface area contributed by atoms with Gasteiger partial charge in [-0.25, -0.2) is 0 Å². The maximum atomic E-state index is 5.51. The van der Waals surface area contributed by atoms with Gasteiger partial charge >= 0.3 is 0 Å². The van der Waals surface area contributed by atoms with E-state index in [9.17, 15) is 0 Å². The third kappa shape index (κ3) is 2.60. The zero-order chi connectivity index (χ0) is 15.6. The molecule has 0 unspecified atom stereocenters. The molecule has 2 nitrogen and oxygen atoms in total. The molecule has 0 heterocycles. The molecule has 0 amide bonds. The summed E-state index contributed by atoms with van der Waals surface area (Å²) in [7, 11) is 0. The number of anilines is 1. The molecular formula is C20H16N2S. The number of hydrogen-bond acceptors (Lipinski definition) is 1. The first-order valence-corrected chi connectivity index (χ1v) is 8.04. The predicted molar refractivity (Wildman–Crippen MR) is 99.5 cm³/mol. The first-order chi connectivity index (χ1) is 11.3. The van der Waals surface area contributed by atoms with E-state index in [1.807, 2.05) is 30.3 Å². The molecule has 0 bridgehead atoms. The fourth-order valence-corrected chi connectivity index (χ4v) is 3.37. The van der Waals surface area contributed by atoms with Crippen molar-refractivity contribution >= 4 is 23.0 Å². The van der Waals surface area contributed by atoms with E-state index in [0.29, 0.717) is 5.11 Å². The predicted octanol–water partition coefficient (Wildman–Crippen LogP) is 4.74. The van der Waals surface area contributed by atoms with Crippen LogP contribution < -0.4 is 10.6 Å². The number of nitrogens with one attached hydrogen (secondary N) is 2. The Morgan fingerprint density at radius 2 is 1.22 bits per heavy atom. The van der Waals surface area contributed by atoms with Crippen LogP contribution in [0, 0.1) is 0 Å². The van der Waals surface area contributed by atoms with Crippen LogP contribution in [0.5, 0.6) is 0 Å². The smallest absolute Gasteiger partial charge is 0.171 e. The van der Waals surface area contributed by atoms with E-state index < -0.39 is 0 Å². The van der Waals surface area contributed by atoms with Crippen molar-refractivity contribution in [1.29, 1.82) is 0 Å². The van der Waals surface area contributed by atoms with Gasteiger partial charge in [0, 0.05) is 5.69 Å². The summed E-state index contributed by atoms with van der Waals surface area (Å²) in [6, 6.07) is 27.1. The Balaban J connectivity index is 1.63. The van der Waals surface area contributed by atoms with Crippen LogP contribution in [0.25, 0.3) is 11.1 Å². The molecule has 1 aliphatic rings. The van der Waals surface area contributed by atoms with Gasteiger partial charge in [-0.15, -0.1) is 0 Å². The molecule has 0 aromatic heterocycles. The topological polar surface area (TPSA) is 24.1 Å². The molecule has 0 radical (unpaired) electrons. The molecule has 112 valence electrons. The lowest BCUT2D eigenvalue weighted by Crippen LogP contribution is -2.32. The van der Waals surface area contributed by atoms with Gasteiger partial charge in [-0.1, -0.05) is 66.7 Å². The molecule has 3 heteroatoms. The minimum Gasteiger partial charge on any atom is -0.351 e. The summed E-state index contributed by atoms with van der Waals surface area (Å²) in [6.07, 6.45) is 0. The van der Waals surface area contributed by atoms with E-state index in [2.05, 4.69) is 59.2 Å². The molecule has 3 aromatic rings. The van der Waals surface area contributed by atoms with Gasteiger partial charge in [0.2, 0.25) is 0 Å². The summed E-state index contributed by atoms with van der Waals surface area (Å²) < 4.78 is 0. The average Bonchev–Trinajstić information content (AvgIpc) is 2.90. The Morgan fingerprint density at radius 3 is 1.83 bits per heavy atom. The van der Waals surface area contributed by atoms with Crippen molar-refractivity contribution in [2.45, 2.75) is 6.04 Å². The van der Waals surface area contributed by atoms with E-state index in [1.165, 1.54) is 22.3 Å². The zero-order valence-electron chi connectivity index (χ0n) is 12.5. The van der Waals surface area contributed by atoms with Crippen molar-refractivity contribution in [2.75, 3.05) is 5.32 Å². The Labute approximate surface area is 141 Å². The standard InChI is InChI=1S/C20H16N2S/c23-20(21-14-8-2-1-3-9-14)22-19-17-12-6-4-10-15(17)16-11-5-7-13-18(16)19/h1-13,19H,(H2,21,22,23). The van der Waals surface area contributed by atoms with Crippen LogP contribution in [0.2, 0.25) is 0 Å². The third-order valence-electron chi connectivity index (χ3n) is 4.14. The second-order valence-corrected chi connectivity index (χ2v) is 5.98. The molecule has 0 aliphatic heterocycles. The summed E-state index contributed by atoms with van der Waals surface area (Å²) >= 11 is 5.51. The molecule has 0 fully saturated rings. The van der Waals surface area contributed by atoms with Crippen molar-refractivity contribution in [3.63, 3.8) is 0 Å². The summed E-state index contributed by atoms with van der Waals surface area (Å²) in [5.74, 6) is 0. The summed E-state index contributed by atoms with van der Waals surface area (Å²) in [6.45, 7) is 0. The third-order valence-corrected chi connectivity index (χ3v) is 4.36. The number of benzene rings is 3. The molecule has 4 rings (SSSR count). The van der Waals surface area contributed by atoms with Gasteiger partial charge in [0.25, 0.3) is 0 Å². The summed E-state index contributed by atoms with van der Waals surface area (Å²) in [5, 5.41) is 7.34. The highest BCUT2D eigenvalue weighted by Gasteiger charge is 2.28. The number of thiocarbonyl (C=S) groups is 1. The second-order valence-electron chi connectivity index (χ2n) is 5.57. The lowest BCUT2D eigenvalue weighted by atomic mass is 10.1.